The van der Waals surface area contributed by atoms with Crippen molar-refractivity contribution < 1.29 is 74.6 Å². The normalized spacial score (nSPS) is 15.9. The van der Waals surface area contributed by atoms with Gasteiger partial charge in [-0.1, -0.05) is 37.6 Å². The monoisotopic (exact) mass is 576 g/mol. The molecule has 0 N–H and O–H groups in total. The van der Waals surface area contributed by atoms with Gasteiger partial charge in [0, 0.05) is 24.7 Å². The highest BCUT2D eigenvalue weighted by Crippen LogP contribution is 2.64. The highest BCUT2D eigenvalue weighted by atomic mass is 28.3. The Kier molecular flexibility index (Phi) is 9.73. The molecule has 0 heterocycles. The molecule has 2 radical (unpaired) electrons. The van der Waals surface area contributed by atoms with Crippen LogP contribution in [0.3, 0.4) is 0 Å². The molecule has 19 heteroatoms. The molecule has 0 saturated carbocycles. The Labute approximate surface area is 185 Å². The van der Waals surface area contributed by atoms with Crippen molar-refractivity contribution in [2.75, 3.05) is 0 Å². The van der Waals surface area contributed by atoms with E-state index >= 15 is 0 Å². The minimum atomic E-state index is -8.57. The summed E-state index contributed by atoms with van der Waals surface area (Å²) in [7, 11) is -1.23. The fourth-order valence-electron chi connectivity index (χ4n) is 2.30. The van der Waals surface area contributed by atoms with E-state index < -0.39 is 69.3 Å². The topological polar surface area (TPSA) is 0 Å². The van der Waals surface area contributed by atoms with Gasteiger partial charge in [0.1, 0.15) is 0 Å². The first-order chi connectivity index (χ1) is 14.7. The molecule has 0 aromatic carbocycles. The first-order valence-electron chi connectivity index (χ1n) is 9.09. The Hall–Kier alpha value is -0.756. The number of alkyl halides is 17. The Morgan fingerprint density at radius 3 is 1.21 bits per heavy atom. The average Bonchev–Trinajstić information content (AvgIpc) is 2.62. The van der Waals surface area contributed by atoms with Crippen molar-refractivity contribution in [3.8, 4) is 0 Å². The van der Waals surface area contributed by atoms with Crippen LogP contribution < -0.4 is 0 Å². The lowest BCUT2D eigenvalue weighted by molar-refractivity contribution is -0.461. The fourth-order valence-corrected chi connectivity index (χ4v) is 6.11. The van der Waals surface area contributed by atoms with Crippen molar-refractivity contribution in [1.29, 1.82) is 0 Å². The van der Waals surface area contributed by atoms with Crippen LogP contribution in [0.5, 0.6) is 0 Å². The smallest absolute Gasteiger partial charge is 0.200 e. The Morgan fingerprint density at radius 2 is 0.853 bits per heavy atom. The summed E-state index contributed by atoms with van der Waals surface area (Å²) < 4.78 is 223. The van der Waals surface area contributed by atoms with Gasteiger partial charge in [-0.05, 0) is 0 Å². The van der Waals surface area contributed by atoms with Crippen LogP contribution in [0, 0.1) is 0 Å². The largest absolute Gasteiger partial charge is 0.460 e. The van der Waals surface area contributed by atoms with Crippen LogP contribution in [-0.2, 0) is 0 Å². The molecule has 204 valence electrons. The second-order valence-electron chi connectivity index (χ2n) is 7.68. The van der Waals surface area contributed by atoms with E-state index in [1.807, 2.05) is 13.1 Å². The second-order valence-corrected chi connectivity index (χ2v) is 12.5. The number of hydrogen-bond donors (Lipinski definition) is 0. The summed E-state index contributed by atoms with van der Waals surface area (Å²) in [5.74, 6) is -55.6. The van der Waals surface area contributed by atoms with E-state index in [1.54, 1.807) is 0 Å². The molecule has 0 aromatic rings. The third-order valence-electron chi connectivity index (χ3n) is 4.53. The van der Waals surface area contributed by atoms with Crippen LogP contribution in [0.25, 0.3) is 0 Å². The maximum absolute atomic E-state index is 13.7. The van der Waals surface area contributed by atoms with E-state index in [4.69, 9.17) is 0 Å². The van der Waals surface area contributed by atoms with Crippen LogP contribution >= 0.6 is 0 Å². The molecule has 0 rings (SSSR count). The van der Waals surface area contributed by atoms with Gasteiger partial charge in [-0.25, -0.2) is 0 Å². The maximum atomic E-state index is 13.7. The molecule has 0 aliphatic rings. The highest BCUT2D eigenvalue weighted by molar-refractivity contribution is 6.57. The van der Waals surface area contributed by atoms with Crippen molar-refractivity contribution in [3.63, 3.8) is 0 Å². The van der Waals surface area contributed by atoms with E-state index in [9.17, 15) is 74.6 Å². The lowest BCUT2D eigenvalue weighted by Gasteiger charge is -2.42. The van der Waals surface area contributed by atoms with Gasteiger partial charge in [-0.2, -0.15) is 74.6 Å². The van der Waals surface area contributed by atoms with Gasteiger partial charge in [0.2, 0.25) is 0 Å². The molecule has 0 bridgehead atoms. The van der Waals surface area contributed by atoms with E-state index in [-0.39, 0.29) is 15.6 Å². The molecule has 0 fully saturated rings. The first kappa shape index (κ1) is 33.2. The zero-order chi connectivity index (χ0) is 27.8. The third kappa shape index (κ3) is 5.48. The van der Waals surface area contributed by atoms with E-state index in [2.05, 4.69) is 0 Å². The van der Waals surface area contributed by atoms with Crippen molar-refractivity contribution in [3.05, 3.63) is 0 Å². The molecule has 0 spiro atoms. The molecular weight excluding hydrogens is 559 g/mol. The van der Waals surface area contributed by atoms with Crippen molar-refractivity contribution in [2.24, 2.45) is 0 Å². The molecule has 0 aliphatic carbocycles. The van der Waals surface area contributed by atoms with Gasteiger partial charge in [0.05, 0.1) is 0 Å². The van der Waals surface area contributed by atoms with Gasteiger partial charge in [-0.15, -0.1) is 0 Å². The van der Waals surface area contributed by atoms with E-state index in [0.29, 0.717) is 12.1 Å². The SMILES string of the molecule is C[SiH](C)CC[Si]CCCC(F)(F)C(F)(F)C(F)(F)C(F)(F)C(F)(F)C(F)(F)C(F)(F)C(F)(F)F. The number of rotatable bonds is 13. The highest BCUT2D eigenvalue weighted by Gasteiger charge is 2.95. The standard InChI is InChI=1S/C15H17F17Si2/c1-34(2)7-6-33-5-3-4-8(16,17)9(18,19)10(20,21)11(22,23)12(24,25)13(26,27)14(28,29)15(30,31)32/h34H,3-7H2,1-2H3. The van der Waals surface area contributed by atoms with Gasteiger partial charge < -0.3 is 0 Å². The zero-order valence-corrected chi connectivity index (χ0v) is 19.2. The minimum absolute atomic E-state index is 0.147. The molecular formula is C15H17F17Si2. The quantitative estimate of drug-likeness (QED) is 0.119. The van der Waals surface area contributed by atoms with Crippen molar-refractivity contribution >= 4 is 18.3 Å². The molecule has 0 atom stereocenters. The molecule has 0 amide bonds. The summed E-state index contributed by atoms with van der Waals surface area (Å²) >= 11 is 0. The predicted molar refractivity (Wildman–Crippen MR) is 89.0 cm³/mol. The number of hydrogen-bond acceptors (Lipinski definition) is 0. The van der Waals surface area contributed by atoms with Crippen LogP contribution in [0.15, 0.2) is 0 Å². The number of halogens is 17. The average molecular weight is 576 g/mol. The Morgan fingerprint density at radius 1 is 0.500 bits per heavy atom. The summed E-state index contributed by atoms with van der Waals surface area (Å²) in [5, 5.41) is 0. The Balaban J connectivity index is 6.02. The van der Waals surface area contributed by atoms with Gasteiger partial charge in [0.25, 0.3) is 0 Å². The van der Waals surface area contributed by atoms with Crippen LogP contribution in [0.4, 0.5) is 74.6 Å². The zero-order valence-electron chi connectivity index (χ0n) is 17.0. The Bertz CT molecular complexity index is 668. The van der Waals surface area contributed by atoms with Crippen molar-refractivity contribution in [2.45, 2.75) is 91.7 Å². The lowest BCUT2D eigenvalue weighted by Crippen LogP contribution is -2.74. The summed E-state index contributed by atoms with van der Waals surface area (Å²) in [4.78, 5) is 0. The van der Waals surface area contributed by atoms with Gasteiger partial charge in [0.15, 0.2) is 0 Å². The summed E-state index contributed by atoms with van der Waals surface area (Å²) in [6.07, 6.45) is -11.1. The fraction of sp³-hybridized carbons (Fsp3) is 1.00. The molecule has 0 unspecified atom stereocenters. The molecule has 0 aromatic heterocycles. The predicted octanol–water partition coefficient (Wildman–Crippen LogP) is 7.80. The van der Waals surface area contributed by atoms with Crippen LogP contribution in [-0.4, -0.2) is 66.0 Å². The summed E-state index contributed by atoms with van der Waals surface area (Å²) in [5.41, 5.74) is 0. The van der Waals surface area contributed by atoms with Gasteiger partial charge in [-0.3, -0.25) is 0 Å². The first-order valence-corrected chi connectivity index (χ1v) is 13.6. The van der Waals surface area contributed by atoms with Crippen LogP contribution in [0.1, 0.15) is 12.8 Å². The van der Waals surface area contributed by atoms with Crippen molar-refractivity contribution in [1.82, 2.24) is 0 Å². The summed E-state index contributed by atoms with van der Waals surface area (Å²) in [6, 6.07) is 0.816. The minimum Gasteiger partial charge on any atom is -0.200 e. The second kappa shape index (κ2) is 9.95. The molecule has 34 heavy (non-hydrogen) atoms. The van der Waals surface area contributed by atoms with E-state index in [1.165, 1.54) is 0 Å². The van der Waals surface area contributed by atoms with Gasteiger partial charge >= 0.3 is 47.6 Å². The summed E-state index contributed by atoms with van der Waals surface area (Å²) in [6.45, 7) is 3.79. The third-order valence-corrected chi connectivity index (χ3v) is 7.90. The lowest BCUT2D eigenvalue weighted by atomic mass is 9.88. The van der Waals surface area contributed by atoms with Crippen LogP contribution in [0.2, 0.25) is 31.2 Å². The molecule has 0 aliphatic heterocycles. The van der Waals surface area contributed by atoms with E-state index in [0.717, 1.165) is 0 Å². The molecule has 0 nitrogen and oxygen atoms in total. The maximum Gasteiger partial charge on any atom is 0.460 e. The molecule has 0 saturated heterocycles.